The first-order chi connectivity index (χ1) is 8.22. The van der Waals surface area contributed by atoms with E-state index in [1.807, 2.05) is 26.4 Å². The molecule has 90 valence electrons. The summed E-state index contributed by atoms with van der Waals surface area (Å²) in [6, 6.07) is 1.85. The minimum absolute atomic E-state index is 0.757. The molecule has 0 saturated carbocycles. The van der Waals surface area contributed by atoms with Crippen LogP contribution in [0.1, 0.15) is 12.6 Å². The zero-order valence-electron chi connectivity index (χ0n) is 10.2. The summed E-state index contributed by atoms with van der Waals surface area (Å²) in [5.74, 6) is 1.54. The third-order valence-corrected chi connectivity index (χ3v) is 2.43. The Balaban J connectivity index is 2.24. The molecule has 0 aliphatic carbocycles. The molecule has 0 unspecified atom stereocenters. The molecule has 0 aromatic carbocycles. The summed E-state index contributed by atoms with van der Waals surface area (Å²) < 4.78 is 1.79. The van der Waals surface area contributed by atoms with Crippen molar-refractivity contribution in [1.82, 2.24) is 19.7 Å². The highest BCUT2D eigenvalue weighted by atomic mass is 15.3. The predicted molar refractivity (Wildman–Crippen MR) is 67.4 cm³/mol. The first kappa shape index (κ1) is 11.4. The van der Waals surface area contributed by atoms with Crippen LogP contribution in [0.5, 0.6) is 0 Å². The smallest absolute Gasteiger partial charge is 0.135 e. The van der Waals surface area contributed by atoms with Crippen LogP contribution >= 0.6 is 0 Å². The Bertz CT molecular complexity index is 504. The van der Waals surface area contributed by atoms with Crippen molar-refractivity contribution in [2.24, 2.45) is 7.05 Å². The van der Waals surface area contributed by atoms with Gasteiger partial charge in [0.25, 0.3) is 0 Å². The summed E-state index contributed by atoms with van der Waals surface area (Å²) in [5, 5.41) is 10.6. The van der Waals surface area contributed by atoms with Gasteiger partial charge in [0.05, 0.1) is 11.4 Å². The van der Waals surface area contributed by atoms with Crippen LogP contribution in [0.25, 0.3) is 0 Å². The number of nitrogens with one attached hydrogen (secondary N) is 2. The lowest BCUT2D eigenvalue weighted by Crippen LogP contribution is -1.98. The highest BCUT2D eigenvalue weighted by Gasteiger charge is 2.06. The molecule has 6 heteroatoms. The fourth-order valence-electron chi connectivity index (χ4n) is 1.60. The van der Waals surface area contributed by atoms with E-state index in [9.17, 15) is 0 Å². The molecular formula is C11H16N6. The maximum Gasteiger partial charge on any atom is 0.135 e. The first-order valence-electron chi connectivity index (χ1n) is 5.52. The summed E-state index contributed by atoms with van der Waals surface area (Å²) in [5.41, 5.74) is 2.01. The fourth-order valence-corrected chi connectivity index (χ4v) is 1.60. The Morgan fingerprint density at radius 3 is 2.76 bits per heavy atom. The summed E-state index contributed by atoms with van der Waals surface area (Å²) >= 11 is 0. The number of hydrogen-bond donors (Lipinski definition) is 2. The molecule has 0 atom stereocenters. The summed E-state index contributed by atoms with van der Waals surface area (Å²) in [6.45, 7) is 2.08. The van der Waals surface area contributed by atoms with Gasteiger partial charge in [-0.15, -0.1) is 0 Å². The molecule has 6 nitrogen and oxygen atoms in total. The third-order valence-electron chi connectivity index (χ3n) is 2.43. The number of nitrogens with zero attached hydrogens (tertiary/aromatic N) is 4. The van der Waals surface area contributed by atoms with Crippen LogP contribution in [0.2, 0.25) is 0 Å². The average molecular weight is 232 g/mol. The molecule has 2 N–H and O–H groups in total. The van der Waals surface area contributed by atoms with Gasteiger partial charge in [0.2, 0.25) is 0 Å². The molecule has 0 spiro atoms. The molecule has 2 aromatic rings. The van der Waals surface area contributed by atoms with E-state index in [1.54, 1.807) is 4.68 Å². The van der Waals surface area contributed by atoms with Crippen LogP contribution in [-0.4, -0.2) is 26.8 Å². The van der Waals surface area contributed by atoms with Crippen molar-refractivity contribution in [1.29, 1.82) is 0 Å². The molecule has 2 heterocycles. The Morgan fingerprint density at radius 1 is 1.29 bits per heavy atom. The third kappa shape index (κ3) is 2.52. The van der Waals surface area contributed by atoms with Crippen LogP contribution in [0.15, 0.2) is 18.6 Å². The van der Waals surface area contributed by atoms with Crippen molar-refractivity contribution in [2.45, 2.75) is 13.3 Å². The lowest BCUT2D eigenvalue weighted by Gasteiger charge is -2.05. The van der Waals surface area contributed by atoms with Gasteiger partial charge in [0, 0.05) is 26.4 Å². The average Bonchev–Trinajstić information content (AvgIpc) is 2.69. The topological polar surface area (TPSA) is 67.7 Å². The number of rotatable bonds is 4. The minimum atomic E-state index is 0.757. The van der Waals surface area contributed by atoms with E-state index >= 15 is 0 Å². The van der Waals surface area contributed by atoms with Gasteiger partial charge < -0.3 is 10.6 Å². The number of aromatic nitrogens is 4. The lowest BCUT2D eigenvalue weighted by molar-refractivity contribution is 0.746. The largest absolute Gasteiger partial charge is 0.373 e. The Kier molecular flexibility index (Phi) is 3.22. The van der Waals surface area contributed by atoms with Gasteiger partial charge in [-0.05, 0) is 6.42 Å². The van der Waals surface area contributed by atoms with Crippen LogP contribution in [0.4, 0.5) is 17.3 Å². The van der Waals surface area contributed by atoms with Crippen LogP contribution in [0.3, 0.4) is 0 Å². The maximum atomic E-state index is 4.36. The molecular weight excluding hydrogens is 216 g/mol. The number of anilines is 3. The van der Waals surface area contributed by atoms with Crippen LogP contribution in [0, 0.1) is 0 Å². The first-order valence-corrected chi connectivity index (χ1v) is 5.52. The SMILES string of the molecule is CCc1nn(C)cc1Nc1cc(NC)ncn1. The van der Waals surface area contributed by atoms with E-state index < -0.39 is 0 Å². The minimum Gasteiger partial charge on any atom is -0.373 e. The molecule has 0 aliphatic heterocycles. The van der Waals surface area contributed by atoms with Crippen molar-refractivity contribution in [3.8, 4) is 0 Å². The summed E-state index contributed by atoms with van der Waals surface area (Å²) in [7, 11) is 3.73. The second-order valence-electron chi connectivity index (χ2n) is 3.68. The van der Waals surface area contributed by atoms with Gasteiger partial charge in [0.1, 0.15) is 18.0 Å². The van der Waals surface area contributed by atoms with E-state index in [4.69, 9.17) is 0 Å². The molecule has 0 bridgehead atoms. The second kappa shape index (κ2) is 4.82. The highest BCUT2D eigenvalue weighted by molar-refractivity contribution is 5.60. The highest BCUT2D eigenvalue weighted by Crippen LogP contribution is 2.19. The van der Waals surface area contributed by atoms with Crippen molar-refractivity contribution in [3.05, 3.63) is 24.3 Å². The molecule has 2 aromatic heterocycles. The van der Waals surface area contributed by atoms with Crippen molar-refractivity contribution in [2.75, 3.05) is 17.7 Å². The lowest BCUT2D eigenvalue weighted by atomic mass is 10.3. The Hall–Kier alpha value is -2.11. The predicted octanol–water partition coefficient (Wildman–Crippen LogP) is 1.56. The molecule has 0 amide bonds. The molecule has 2 rings (SSSR count). The van der Waals surface area contributed by atoms with Crippen LogP contribution in [-0.2, 0) is 13.5 Å². The van der Waals surface area contributed by atoms with E-state index in [0.717, 1.165) is 29.4 Å². The molecule has 0 aliphatic rings. The van der Waals surface area contributed by atoms with Gasteiger partial charge in [-0.1, -0.05) is 6.92 Å². The van der Waals surface area contributed by atoms with E-state index in [-0.39, 0.29) is 0 Å². The van der Waals surface area contributed by atoms with E-state index in [2.05, 4.69) is 32.6 Å². The van der Waals surface area contributed by atoms with Crippen molar-refractivity contribution in [3.63, 3.8) is 0 Å². The number of aryl methyl sites for hydroxylation is 2. The van der Waals surface area contributed by atoms with E-state index in [0.29, 0.717) is 0 Å². The van der Waals surface area contributed by atoms with Gasteiger partial charge in [-0.2, -0.15) is 5.10 Å². The summed E-state index contributed by atoms with van der Waals surface area (Å²) in [4.78, 5) is 8.23. The molecule has 0 saturated heterocycles. The zero-order valence-corrected chi connectivity index (χ0v) is 10.2. The van der Waals surface area contributed by atoms with Crippen molar-refractivity contribution < 1.29 is 0 Å². The Morgan fingerprint density at radius 2 is 2.06 bits per heavy atom. The van der Waals surface area contributed by atoms with Crippen LogP contribution < -0.4 is 10.6 Å². The Labute approximate surface area is 100 Å². The second-order valence-corrected chi connectivity index (χ2v) is 3.68. The zero-order chi connectivity index (χ0) is 12.3. The quantitative estimate of drug-likeness (QED) is 0.837. The number of hydrogen-bond acceptors (Lipinski definition) is 5. The standard InChI is InChI=1S/C11H16N6/c1-4-8-9(6-17(3)16-8)15-11-5-10(12-2)13-7-14-11/h5-7H,4H2,1-3H3,(H2,12,13,14,15). The molecule has 0 radical (unpaired) electrons. The molecule has 17 heavy (non-hydrogen) atoms. The van der Waals surface area contributed by atoms with Gasteiger partial charge in [0.15, 0.2) is 0 Å². The summed E-state index contributed by atoms with van der Waals surface area (Å²) in [6.07, 6.45) is 4.35. The normalized spacial score (nSPS) is 10.3. The maximum absolute atomic E-state index is 4.36. The van der Waals surface area contributed by atoms with E-state index in [1.165, 1.54) is 6.33 Å². The van der Waals surface area contributed by atoms with Gasteiger partial charge in [-0.25, -0.2) is 9.97 Å². The van der Waals surface area contributed by atoms with Gasteiger partial charge >= 0.3 is 0 Å². The monoisotopic (exact) mass is 232 g/mol. The molecule has 0 fully saturated rings. The van der Waals surface area contributed by atoms with Gasteiger partial charge in [-0.3, -0.25) is 4.68 Å². The van der Waals surface area contributed by atoms with Crippen molar-refractivity contribution >= 4 is 17.3 Å². The fraction of sp³-hybridized carbons (Fsp3) is 0.364.